The van der Waals surface area contributed by atoms with E-state index in [1.165, 1.54) is 19.3 Å². The highest BCUT2D eigenvalue weighted by atomic mass is 16.6. The first kappa shape index (κ1) is 16.9. The van der Waals surface area contributed by atoms with E-state index in [0.717, 1.165) is 43.7 Å². The summed E-state index contributed by atoms with van der Waals surface area (Å²) in [4.78, 5) is 13.4. The van der Waals surface area contributed by atoms with Gasteiger partial charge in [0.05, 0.1) is 4.92 Å². The van der Waals surface area contributed by atoms with Crippen molar-refractivity contribution >= 4 is 5.69 Å². The van der Waals surface area contributed by atoms with Gasteiger partial charge >= 0.3 is 0 Å². The fourth-order valence-corrected chi connectivity index (χ4v) is 3.17. The molecule has 122 valence electrons. The number of hydrogen-bond donors (Lipinski definition) is 1. The number of unbranched alkanes of at least 4 members (excludes halogenated alkanes) is 2. The van der Waals surface area contributed by atoms with Crippen molar-refractivity contribution < 1.29 is 4.92 Å². The van der Waals surface area contributed by atoms with E-state index in [1.807, 2.05) is 6.07 Å². The average molecular weight is 305 g/mol. The highest BCUT2D eigenvalue weighted by Crippen LogP contribution is 2.30. The van der Waals surface area contributed by atoms with Gasteiger partial charge in [0.15, 0.2) is 0 Å². The normalized spacial score (nSPS) is 17.4. The molecule has 0 spiro atoms. The van der Waals surface area contributed by atoms with Crippen LogP contribution in [0.2, 0.25) is 0 Å². The van der Waals surface area contributed by atoms with E-state index >= 15 is 0 Å². The predicted molar refractivity (Wildman–Crippen MR) is 89.2 cm³/mol. The smallest absolute Gasteiger partial charge is 0.272 e. The molecule has 1 aromatic rings. The summed E-state index contributed by atoms with van der Waals surface area (Å²) in [5.74, 6) is 0. The molecule has 0 radical (unpaired) electrons. The minimum Gasteiger partial charge on any atom is -0.314 e. The number of nitro groups is 1. The molecule has 1 aliphatic rings. The number of nitrogens with zero attached hydrogens (tertiary/aromatic N) is 2. The maximum absolute atomic E-state index is 11.2. The van der Waals surface area contributed by atoms with Gasteiger partial charge in [-0.2, -0.15) is 0 Å². The lowest BCUT2D eigenvalue weighted by atomic mass is 9.96. The topological polar surface area (TPSA) is 58.4 Å². The summed E-state index contributed by atoms with van der Waals surface area (Å²) in [6.45, 7) is 8.03. The summed E-state index contributed by atoms with van der Waals surface area (Å²) in [5, 5.41) is 14.6. The Kier molecular flexibility index (Phi) is 6.34. The van der Waals surface area contributed by atoms with E-state index < -0.39 is 0 Å². The van der Waals surface area contributed by atoms with Crippen molar-refractivity contribution in [2.24, 2.45) is 0 Å². The molecular weight excluding hydrogens is 278 g/mol. The van der Waals surface area contributed by atoms with Gasteiger partial charge in [0.2, 0.25) is 0 Å². The van der Waals surface area contributed by atoms with Gasteiger partial charge < -0.3 is 5.32 Å². The van der Waals surface area contributed by atoms with E-state index in [4.69, 9.17) is 0 Å². The molecule has 22 heavy (non-hydrogen) atoms. The highest BCUT2D eigenvalue weighted by molar-refractivity contribution is 5.43. The molecule has 0 saturated carbocycles. The van der Waals surface area contributed by atoms with Crippen molar-refractivity contribution in [2.45, 2.75) is 45.6 Å². The van der Waals surface area contributed by atoms with E-state index in [2.05, 4.69) is 23.2 Å². The minimum atomic E-state index is -0.264. The van der Waals surface area contributed by atoms with Crippen molar-refractivity contribution in [3.05, 3.63) is 39.4 Å². The van der Waals surface area contributed by atoms with Crippen LogP contribution in [-0.2, 0) is 0 Å². The largest absolute Gasteiger partial charge is 0.314 e. The molecule has 1 saturated heterocycles. The molecule has 1 aromatic carbocycles. The summed E-state index contributed by atoms with van der Waals surface area (Å²) in [7, 11) is 0. The molecule has 1 fully saturated rings. The molecule has 1 aliphatic heterocycles. The third-order valence-electron chi connectivity index (χ3n) is 4.49. The predicted octanol–water partition coefficient (Wildman–Crippen LogP) is 3.43. The first-order chi connectivity index (χ1) is 10.6. The Morgan fingerprint density at radius 1 is 1.32 bits per heavy atom. The van der Waals surface area contributed by atoms with Gasteiger partial charge in [-0.3, -0.25) is 15.0 Å². The third kappa shape index (κ3) is 4.27. The van der Waals surface area contributed by atoms with Crippen LogP contribution in [0.1, 0.15) is 49.8 Å². The summed E-state index contributed by atoms with van der Waals surface area (Å²) in [5.41, 5.74) is 2.07. The quantitative estimate of drug-likeness (QED) is 0.476. The molecule has 5 nitrogen and oxygen atoms in total. The zero-order valence-electron chi connectivity index (χ0n) is 13.7. The summed E-state index contributed by atoms with van der Waals surface area (Å²) < 4.78 is 0. The van der Waals surface area contributed by atoms with Gasteiger partial charge in [0, 0.05) is 43.9 Å². The number of rotatable bonds is 7. The molecule has 0 unspecified atom stereocenters. The minimum absolute atomic E-state index is 0.244. The van der Waals surface area contributed by atoms with Gasteiger partial charge in [-0.15, -0.1) is 0 Å². The Labute approximate surface area is 132 Å². The fraction of sp³-hybridized carbons (Fsp3) is 0.647. The fourth-order valence-electron chi connectivity index (χ4n) is 3.17. The molecular formula is C17H27N3O2. The van der Waals surface area contributed by atoms with Crippen molar-refractivity contribution in [3.8, 4) is 0 Å². The second kappa shape index (κ2) is 8.25. The first-order valence-corrected chi connectivity index (χ1v) is 8.33. The molecule has 0 aliphatic carbocycles. The maximum Gasteiger partial charge on any atom is 0.272 e. The Morgan fingerprint density at radius 3 is 2.68 bits per heavy atom. The zero-order valence-corrected chi connectivity index (χ0v) is 13.7. The van der Waals surface area contributed by atoms with Crippen LogP contribution in [0.25, 0.3) is 0 Å². The second-order valence-corrected chi connectivity index (χ2v) is 6.10. The second-order valence-electron chi connectivity index (χ2n) is 6.10. The van der Waals surface area contributed by atoms with Crippen LogP contribution < -0.4 is 5.32 Å². The first-order valence-electron chi connectivity index (χ1n) is 8.33. The van der Waals surface area contributed by atoms with Crippen molar-refractivity contribution in [3.63, 3.8) is 0 Å². The molecule has 0 aromatic heterocycles. The van der Waals surface area contributed by atoms with Gasteiger partial charge in [0.25, 0.3) is 5.69 Å². The van der Waals surface area contributed by atoms with E-state index in [0.29, 0.717) is 6.04 Å². The lowest BCUT2D eigenvalue weighted by Crippen LogP contribution is -2.45. The Bertz CT molecular complexity index is 499. The van der Waals surface area contributed by atoms with Crippen molar-refractivity contribution in [1.29, 1.82) is 0 Å². The number of nitro benzene ring substituents is 1. The molecule has 5 heteroatoms. The Hall–Kier alpha value is -1.46. The van der Waals surface area contributed by atoms with E-state index in [1.54, 1.807) is 13.0 Å². The third-order valence-corrected chi connectivity index (χ3v) is 4.49. The van der Waals surface area contributed by atoms with Gasteiger partial charge in [0.1, 0.15) is 0 Å². The number of nitrogens with one attached hydrogen (secondary N) is 1. The highest BCUT2D eigenvalue weighted by Gasteiger charge is 2.24. The van der Waals surface area contributed by atoms with Crippen LogP contribution in [0, 0.1) is 17.0 Å². The van der Waals surface area contributed by atoms with E-state index in [-0.39, 0.29) is 10.6 Å². The number of piperazine rings is 1. The SMILES string of the molecule is CCCCC[C@H](c1ccc(C)c([N+](=O)[O-])c1)N1CCNCC1. The number of benzene rings is 1. The lowest BCUT2D eigenvalue weighted by molar-refractivity contribution is -0.385. The molecule has 0 bridgehead atoms. The van der Waals surface area contributed by atoms with Crippen LogP contribution in [0.5, 0.6) is 0 Å². The van der Waals surface area contributed by atoms with Crippen LogP contribution in [0.15, 0.2) is 18.2 Å². The molecule has 1 heterocycles. The number of hydrogen-bond acceptors (Lipinski definition) is 4. The standard InChI is InChI=1S/C17H27N3O2/c1-3-4-5-6-16(19-11-9-18-10-12-19)15-8-7-14(2)17(13-15)20(21)22/h7-8,13,16,18H,3-6,9-12H2,1-2H3/t16-/m1/s1. The molecule has 0 amide bonds. The zero-order chi connectivity index (χ0) is 15.9. The van der Waals surface area contributed by atoms with Gasteiger partial charge in [-0.05, 0) is 18.9 Å². The average Bonchev–Trinajstić information content (AvgIpc) is 2.53. The molecule has 1 atom stereocenters. The molecule has 2 rings (SSSR count). The summed E-state index contributed by atoms with van der Waals surface area (Å²) in [6.07, 6.45) is 4.67. The van der Waals surface area contributed by atoms with Crippen LogP contribution >= 0.6 is 0 Å². The van der Waals surface area contributed by atoms with Crippen molar-refractivity contribution in [1.82, 2.24) is 10.2 Å². The summed E-state index contributed by atoms with van der Waals surface area (Å²) in [6, 6.07) is 6.05. The lowest BCUT2D eigenvalue weighted by Gasteiger charge is -2.35. The van der Waals surface area contributed by atoms with Crippen LogP contribution in [0.3, 0.4) is 0 Å². The van der Waals surface area contributed by atoms with Gasteiger partial charge in [-0.1, -0.05) is 38.3 Å². The number of aryl methyl sites for hydroxylation is 1. The monoisotopic (exact) mass is 305 g/mol. The Balaban J connectivity index is 2.22. The Morgan fingerprint density at radius 2 is 2.05 bits per heavy atom. The molecule has 1 N–H and O–H groups in total. The van der Waals surface area contributed by atoms with E-state index in [9.17, 15) is 10.1 Å². The van der Waals surface area contributed by atoms with Crippen LogP contribution in [0.4, 0.5) is 5.69 Å². The van der Waals surface area contributed by atoms with Crippen LogP contribution in [-0.4, -0.2) is 36.0 Å². The van der Waals surface area contributed by atoms with Crippen molar-refractivity contribution in [2.75, 3.05) is 26.2 Å². The maximum atomic E-state index is 11.2. The summed E-state index contributed by atoms with van der Waals surface area (Å²) >= 11 is 0. The van der Waals surface area contributed by atoms with Gasteiger partial charge in [-0.25, -0.2) is 0 Å².